The van der Waals surface area contributed by atoms with E-state index in [1.165, 1.54) is 5.69 Å². The van der Waals surface area contributed by atoms with Crippen molar-refractivity contribution in [1.29, 1.82) is 0 Å². The molecule has 1 saturated heterocycles. The van der Waals surface area contributed by atoms with Gasteiger partial charge in [-0.15, -0.1) is 0 Å². The summed E-state index contributed by atoms with van der Waals surface area (Å²) in [6, 6.07) is 0.682. The molecule has 0 bridgehead atoms. The van der Waals surface area contributed by atoms with E-state index < -0.39 is 0 Å². The molecule has 0 radical (unpaired) electrons. The van der Waals surface area contributed by atoms with Crippen LogP contribution in [0.15, 0.2) is 12.5 Å². The highest BCUT2D eigenvalue weighted by atomic mass is 16.3. The lowest BCUT2D eigenvalue weighted by atomic mass is 10.1. The molecule has 1 aromatic heterocycles. The number of hydrogen-bond donors (Lipinski definition) is 2. The predicted octanol–water partition coefficient (Wildman–Crippen LogP) is 0.859. The van der Waals surface area contributed by atoms with Crippen LogP contribution < -0.4 is 5.32 Å². The molecule has 1 aliphatic heterocycles. The van der Waals surface area contributed by atoms with Gasteiger partial charge in [0.25, 0.3) is 0 Å². The molecule has 2 atom stereocenters. The molecule has 1 aromatic rings. The van der Waals surface area contributed by atoms with Crippen LogP contribution in [0.25, 0.3) is 0 Å². The van der Waals surface area contributed by atoms with E-state index in [-0.39, 0.29) is 12.1 Å². The normalized spacial score (nSPS) is 27.4. The first kappa shape index (κ1) is 9.68. The number of rotatable bonds is 2. The van der Waals surface area contributed by atoms with Gasteiger partial charge < -0.3 is 15.0 Å². The van der Waals surface area contributed by atoms with Crippen molar-refractivity contribution < 1.29 is 5.11 Å². The van der Waals surface area contributed by atoms with Gasteiger partial charge in [-0.05, 0) is 20.3 Å². The number of β-amino-alcohol motifs (C(OH)–C–C–N with tert-alkyl or cyclic N) is 1. The lowest BCUT2D eigenvalue weighted by Gasteiger charge is -2.16. The van der Waals surface area contributed by atoms with Crippen molar-refractivity contribution in [2.24, 2.45) is 0 Å². The van der Waals surface area contributed by atoms with Crippen LogP contribution in [0.2, 0.25) is 0 Å². The number of aliphatic hydroxyl groups excluding tert-OH is 1. The molecule has 0 amide bonds. The second-order valence-electron chi connectivity index (χ2n) is 4.17. The van der Waals surface area contributed by atoms with E-state index in [1.54, 1.807) is 0 Å². The van der Waals surface area contributed by atoms with Crippen molar-refractivity contribution in [1.82, 2.24) is 14.9 Å². The molecule has 0 spiro atoms. The first-order valence-electron chi connectivity index (χ1n) is 5.11. The Morgan fingerprint density at radius 1 is 1.64 bits per heavy atom. The zero-order chi connectivity index (χ0) is 10.1. The molecular weight excluding hydrogens is 178 g/mol. The summed E-state index contributed by atoms with van der Waals surface area (Å²) in [6.07, 6.45) is 4.32. The van der Waals surface area contributed by atoms with Gasteiger partial charge in [0, 0.05) is 18.8 Å². The second-order valence-corrected chi connectivity index (χ2v) is 4.17. The topological polar surface area (TPSA) is 50.1 Å². The summed E-state index contributed by atoms with van der Waals surface area (Å²) in [6.45, 7) is 4.96. The van der Waals surface area contributed by atoms with E-state index in [4.69, 9.17) is 0 Å². The fourth-order valence-electron chi connectivity index (χ4n) is 1.96. The smallest absolute Gasteiger partial charge is 0.0951 e. The van der Waals surface area contributed by atoms with Crippen LogP contribution in [-0.2, 0) is 0 Å². The average Bonchev–Trinajstić information content (AvgIpc) is 2.70. The van der Waals surface area contributed by atoms with Gasteiger partial charge in [-0.1, -0.05) is 0 Å². The molecule has 0 saturated carbocycles. The van der Waals surface area contributed by atoms with E-state index in [0.717, 1.165) is 6.42 Å². The summed E-state index contributed by atoms with van der Waals surface area (Å²) >= 11 is 0. The zero-order valence-electron chi connectivity index (χ0n) is 8.64. The molecule has 2 heterocycles. The van der Waals surface area contributed by atoms with Crippen molar-refractivity contribution in [3.05, 3.63) is 18.2 Å². The molecule has 2 unspecified atom stereocenters. The van der Waals surface area contributed by atoms with Gasteiger partial charge in [-0.25, -0.2) is 4.98 Å². The zero-order valence-corrected chi connectivity index (χ0v) is 8.64. The Bertz CT molecular complexity index is 308. The van der Waals surface area contributed by atoms with Gasteiger partial charge >= 0.3 is 0 Å². The number of aliphatic hydroxyl groups is 1. The molecule has 2 N–H and O–H groups in total. The van der Waals surface area contributed by atoms with Gasteiger partial charge in [0.05, 0.1) is 24.2 Å². The molecule has 4 heteroatoms. The summed E-state index contributed by atoms with van der Waals surface area (Å²) in [5.74, 6) is 0. The first-order chi connectivity index (χ1) is 6.68. The third kappa shape index (κ3) is 1.67. The van der Waals surface area contributed by atoms with Gasteiger partial charge in [0.1, 0.15) is 0 Å². The molecule has 2 rings (SSSR count). The van der Waals surface area contributed by atoms with Crippen LogP contribution in [-0.4, -0.2) is 27.3 Å². The lowest BCUT2D eigenvalue weighted by molar-refractivity contribution is 0.193. The number of hydrogen-bond acceptors (Lipinski definition) is 3. The van der Waals surface area contributed by atoms with Crippen LogP contribution >= 0.6 is 0 Å². The number of aromatic nitrogens is 2. The minimum Gasteiger partial charge on any atom is -0.392 e. The van der Waals surface area contributed by atoms with Crippen LogP contribution in [0, 0.1) is 0 Å². The molecule has 1 aliphatic rings. The Kier molecular flexibility index (Phi) is 2.56. The van der Waals surface area contributed by atoms with Crippen molar-refractivity contribution in [3.63, 3.8) is 0 Å². The largest absolute Gasteiger partial charge is 0.392 e. The van der Waals surface area contributed by atoms with Crippen LogP contribution in [0.3, 0.4) is 0 Å². The SMILES string of the molecule is CC(C)n1cncc1C1CC(O)CN1. The Morgan fingerprint density at radius 2 is 2.43 bits per heavy atom. The summed E-state index contributed by atoms with van der Waals surface area (Å²) in [5.41, 5.74) is 1.18. The second kappa shape index (κ2) is 3.71. The van der Waals surface area contributed by atoms with Crippen LogP contribution in [0.5, 0.6) is 0 Å². The molecule has 78 valence electrons. The summed E-state index contributed by atoms with van der Waals surface area (Å²) in [5, 5.41) is 12.7. The summed E-state index contributed by atoms with van der Waals surface area (Å²) in [7, 11) is 0. The van der Waals surface area contributed by atoms with E-state index in [9.17, 15) is 5.11 Å². The predicted molar refractivity (Wildman–Crippen MR) is 54.0 cm³/mol. The van der Waals surface area contributed by atoms with Gasteiger partial charge in [-0.2, -0.15) is 0 Å². The van der Waals surface area contributed by atoms with E-state index in [2.05, 4.69) is 28.7 Å². The molecule has 14 heavy (non-hydrogen) atoms. The van der Waals surface area contributed by atoms with E-state index in [1.807, 2.05) is 12.5 Å². The lowest BCUT2D eigenvalue weighted by Crippen LogP contribution is -2.18. The fourth-order valence-corrected chi connectivity index (χ4v) is 1.96. The molecule has 0 aromatic carbocycles. The highest BCUT2D eigenvalue weighted by molar-refractivity contribution is 5.09. The molecular formula is C10H17N3O. The molecule has 4 nitrogen and oxygen atoms in total. The number of nitrogens with one attached hydrogen (secondary N) is 1. The van der Waals surface area contributed by atoms with Crippen LogP contribution in [0.4, 0.5) is 0 Å². The summed E-state index contributed by atoms with van der Waals surface area (Å²) in [4.78, 5) is 4.15. The van der Waals surface area contributed by atoms with Gasteiger partial charge in [0.15, 0.2) is 0 Å². The monoisotopic (exact) mass is 195 g/mol. The third-order valence-electron chi connectivity index (χ3n) is 2.72. The van der Waals surface area contributed by atoms with Gasteiger partial charge in [-0.3, -0.25) is 0 Å². The quantitative estimate of drug-likeness (QED) is 0.736. The third-order valence-corrected chi connectivity index (χ3v) is 2.72. The minimum absolute atomic E-state index is 0.212. The molecule has 1 fully saturated rings. The van der Waals surface area contributed by atoms with E-state index >= 15 is 0 Å². The van der Waals surface area contributed by atoms with Crippen molar-refractivity contribution >= 4 is 0 Å². The van der Waals surface area contributed by atoms with E-state index in [0.29, 0.717) is 12.6 Å². The summed E-state index contributed by atoms with van der Waals surface area (Å²) < 4.78 is 2.15. The van der Waals surface area contributed by atoms with Crippen molar-refractivity contribution in [2.75, 3.05) is 6.54 Å². The average molecular weight is 195 g/mol. The maximum absolute atomic E-state index is 9.44. The fraction of sp³-hybridized carbons (Fsp3) is 0.700. The number of imidazole rings is 1. The highest BCUT2D eigenvalue weighted by Crippen LogP contribution is 2.24. The molecule has 0 aliphatic carbocycles. The van der Waals surface area contributed by atoms with Crippen molar-refractivity contribution in [2.45, 2.75) is 38.5 Å². The highest BCUT2D eigenvalue weighted by Gasteiger charge is 2.26. The standard InChI is InChI=1S/C10H17N3O/c1-7(2)13-6-11-5-10(13)9-3-8(14)4-12-9/h5-9,12,14H,3-4H2,1-2H3. The first-order valence-corrected chi connectivity index (χ1v) is 5.11. The Labute approximate surface area is 84.0 Å². The maximum atomic E-state index is 9.44. The Hall–Kier alpha value is -0.870. The van der Waals surface area contributed by atoms with Crippen molar-refractivity contribution in [3.8, 4) is 0 Å². The number of nitrogens with zero attached hydrogens (tertiary/aromatic N) is 2. The Morgan fingerprint density at radius 3 is 3.00 bits per heavy atom. The maximum Gasteiger partial charge on any atom is 0.0951 e. The Balaban J connectivity index is 2.19. The minimum atomic E-state index is -0.212. The van der Waals surface area contributed by atoms with Gasteiger partial charge in [0.2, 0.25) is 0 Å². The van der Waals surface area contributed by atoms with Crippen LogP contribution in [0.1, 0.15) is 38.0 Å².